The van der Waals surface area contributed by atoms with Crippen molar-refractivity contribution in [2.45, 2.75) is 115 Å². The molecular formula is C21H40O6. The third kappa shape index (κ3) is 13.2. The third-order valence-corrected chi connectivity index (χ3v) is 5.10. The maximum Gasteiger partial charge on any atom is 0.305 e. The Morgan fingerprint density at radius 3 is 2.41 bits per heavy atom. The maximum absolute atomic E-state index is 11.4. The third-order valence-electron chi connectivity index (χ3n) is 5.10. The number of hydrogen-bond acceptors (Lipinski definition) is 6. The van der Waals surface area contributed by atoms with Crippen LogP contribution >= 0.6 is 0 Å². The molecule has 6 heteroatoms. The molecule has 0 saturated carbocycles. The van der Waals surface area contributed by atoms with Gasteiger partial charge in [0.15, 0.2) is 0 Å². The first-order chi connectivity index (χ1) is 13.1. The lowest BCUT2D eigenvalue weighted by atomic mass is 10.0. The summed E-state index contributed by atoms with van der Waals surface area (Å²) >= 11 is 0. The van der Waals surface area contributed by atoms with Crippen molar-refractivity contribution < 1.29 is 29.6 Å². The van der Waals surface area contributed by atoms with E-state index in [1.54, 1.807) is 0 Å². The zero-order valence-electron chi connectivity index (χ0n) is 17.0. The summed E-state index contributed by atoms with van der Waals surface area (Å²) in [5.74, 6) is -0.315. The van der Waals surface area contributed by atoms with Crippen LogP contribution in [0.15, 0.2) is 0 Å². The SMILES string of the molecule is CCCCCCC(O)CC1OC1CCCCCCCC(=O)OCC(O)CO. The van der Waals surface area contributed by atoms with Crippen LogP contribution in [-0.4, -0.2) is 58.9 Å². The fourth-order valence-corrected chi connectivity index (χ4v) is 3.29. The Kier molecular flexibility index (Phi) is 13.8. The number of unbranched alkanes of at least 4 members (excludes halogenated alkanes) is 7. The molecule has 0 bridgehead atoms. The van der Waals surface area contributed by atoms with E-state index in [0.717, 1.165) is 57.8 Å². The van der Waals surface area contributed by atoms with Crippen molar-refractivity contribution in [3.63, 3.8) is 0 Å². The number of carbonyl (C=O) groups excluding carboxylic acids is 1. The number of aliphatic hydroxyl groups is 3. The number of aliphatic hydroxyl groups excluding tert-OH is 3. The molecule has 0 amide bonds. The van der Waals surface area contributed by atoms with E-state index < -0.39 is 12.7 Å². The molecule has 0 aliphatic carbocycles. The molecule has 160 valence electrons. The smallest absolute Gasteiger partial charge is 0.305 e. The number of carbonyl (C=O) groups is 1. The number of hydrogen-bond donors (Lipinski definition) is 3. The van der Waals surface area contributed by atoms with Crippen molar-refractivity contribution in [1.29, 1.82) is 0 Å². The lowest BCUT2D eigenvalue weighted by Crippen LogP contribution is -2.21. The first-order valence-corrected chi connectivity index (χ1v) is 10.8. The molecule has 0 radical (unpaired) electrons. The molecule has 1 aliphatic heterocycles. The van der Waals surface area contributed by atoms with Crippen LogP contribution in [0.4, 0.5) is 0 Å². The monoisotopic (exact) mass is 388 g/mol. The number of rotatable bonds is 18. The summed E-state index contributed by atoms with van der Waals surface area (Å²) in [7, 11) is 0. The van der Waals surface area contributed by atoms with E-state index >= 15 is 0 Å². The van der Waals surface area contributed by atoms with Crippen molar-refractivity contribution in [3.05, 3.63) is 0 Å². The van der Waals surface area contributed by atoms with Gasteiger partial charge in [-0.05, 0) is 19.3 Å². The molecule has 1 saturated heterocycles. The molecule has 4 unspecified atom stereocenters. The minimum absolute atomic E-state index is 0.134. The van der Waals surface area contributed by atoms with Crippen LogP contribution in [-0.2, 0) is 14.3 Å². The Morgan fingerprint density at radius 1 is 0.963 bits per heavy atom. The van der Waals surface area contributed by atoms with Gasteiger partial charge in [-0.3, -0.25) is 4.79 Å². The zero-order chi connectivity index (χ0) is 19.9. The second-order valence-corrected chi connectivity index (χ2v) is 7.78. The summed E-state index contributed by atoms with van der Waals surface area (Å²) in [5, 5.41) is 27.8. The molecule has 1 rings (SSSR count). The quantitative estimate of drug-likeness (QED) is 0.190. The molecule has 0 spiro atoms. The Hall–Kier alpha value is -0.690. The van der Waals surface area contributed by atoms with E-state index in [2.05, 4.69) is 6.92 Å². The van der Waals surface area contributed by atoms with Gasteiger partial charge >= 0.3 is 5.97 Å². The van der Waals surface area contributed by atoms with Gasteiger partial charge in [-0.25, -0.2) is 0 Å². The predicted octanol–water partition coefficient (Wildman–Crippen LogP) is 3.10. The van der Waals surface area contributed by atoms with Crippen molar-refractivity contribution in [2.24, 2.45) is 0 Å². The van der Waals surface area contributed by atoms with E-state index in [1.807, 2.05) is 0 Å². The van der Waals surface area contributed by atoms with Crippen LogP contribution in [0.25, 0.3) is 0 Å². The van der Waals surface area contributed by atoms with Gasteiger partial charge in [-0.1, -0.05) is 58.3 Å². The molecule has 3 N–H and O–H groups in total. The first kappa shape index (κ1) is 24.3. The lowest BCUT2D eigenvalue weighted by molar-refractivity contribution is -0.147. The van der Waals surface area contributed by atoms with Gasteiger partial charge in [0.05, 0.1) is 24.9 Å². The fraction of sp³-hybridized carbons (Fsp3) is 0.952. The highest BCUT2D eigenvalue weighted by molar-refractivity contribution is 5.69. The molecule has 1 heterocycles. The lowest BCUT2D eigenvalue weighted by Gasteiger charge is -2.08. The molecule has 27 heavy (non-hydrogen) atoms. The minimum atomic E-state index is -0.982. The number of epoxide rings is 1. The van der Waals surface area contributed by atoms with Crippen molar-refractivity contribution in [2.75, 3.05) is 13.2 Å². The second kappa shape index (κ2) is 15.3. The van der Waals surface area contributed by atoms with Crippen LogP contribution in [0.3, 0.4) is 0 Å². The van der Waals surface area contributed by atoms with Gasteiger partial charge in [0.2, 0.25) is 0 Å². The summed E-state index contributed by atoms with van der Waals surface area (Å²) in [6, 6.07) is 0. The minimum Gasteiger partial charge on any atom is -0.463 e. The van der Waals surface area contributed by atoms with Gasteiger partial charge in [-0.2, -0.15) is 0 Å². The molecule has 1 fully saturated rings. The Morgan fingerprint density at radius 2 is 1.67 bits per heavy atom. The molecular weight excluding hydrogens is 348 g/mol. The average molecular weight is 389 g/mol. The van der Waals surface area contributed by atoms with Crippen LogP contribution in [0.1, 0.15) is 90.4 Å². The summed E-state index contributed by atoms with van der Waals surface area (Å²) in [4.78, 5) is 11.4. The second-order valence-electron chi connectivity index (χ2n) is 7.78. The normalized spacial score (nSPS) is 21.0. The maximum atomic E-state index is 11.4. The van der Waals surface area contributed by atoms with E-state index in [9.17, 15) is 9.90 Å². The molecule has 0 aromatic carbocycles. The van der Waals surface area contributed by atoms with Gasteiger partial charge < -0.3 is 24.8 Å². The molecule has 0 aromatic heterocycles. The fourth-order valence-electron chi connectivity index (χ4n) is 3.29. The van der Waals surface area contributed by atoms with Crippen molar-refractivity contribution in [3.8, 4) is 0 Å². The number of esters is 1. The highest BCUT2D eigenvalue weighted by Gasteiger charge is 2.38. The van der Waals surface area contributed by atoms with Crippen molar-refractivity contribution in [1.82, 2.24) is 0 Å². The summed E-state index contributed by atoms with van der Waals surface area (Å²) in [5.41, 5.74) is 0. The van der Waals surface area contributed by atoms with Crippen LogP contribution in [0.2, 0.25) is 0 Å². The molecule has 0 aromatic rings. The van der Waals surface area contributed by atoms with E-state index in [4.69, 9.17) is 19.7 Å². The van der Waals surface area contributed by atoms with Gasteiger partial charge in [0, 0.05) is 12.8 Å². The summed E-state index contributed by atoms with van der Waals surface area (Å²) in [6.45, 7) is 1.67. The van der Waals surface area contributed by atoms with Crippen LogP contribution < -0.4 is 0 Å². The predicted molar refractivity (Wildman–Crippen MR) is 104 cm³/mol. The summed E-state index contributed by atoms with van der Waals surface area (Å²) in [6.07, 6.45) is 12.4. The average Bonchev–Trinajstić information content (AvgIpc) is 3.39. The summed E-state index contributed by atoms with van der Waals surface area (Å²) < 4.78 is 10.5. The van der Waals surface area contributed by atoms with Crippen LogP contribution in [0.5, 0.6) is 0 Å². The topological polar surface area (TPSA) is 99.5 Å². The zero-order valence-corrected chi connectivity index (χ0v) is 17.0. The molecule has 1 aliphatic rings. The first-order valence-electron chi connectivity index (χ1n) is 10.8. The van der Waals surface area contributed by atoms with E-state index in [-0.39, 0.29) is 24.8 Å². The standard InChI is InChI=1S/C21H40O6/c1-2-3-4-8-11-17(23)14-20-19(27-20)12-9-6-5-7-10-13-21(25)26-16-18(24)15-22/h17-20,22-24H,2-16H2,1H3. The number of ether oxygens (including phenoxy) is 2. The highest BCUT2D eigenvalue weighted by atomic mass is 16.6. The van der Waals surface area contributed by atoms with E-state index in [0.29, 0.717) is 12.5 Å². The van der Waals surface area contributed by atoms with E-state index in [1.165, 1.54) is 19.3 Å². The van der Waals surface area contributed by atoms with Crippen molar-refractivity contribution >= 4 is 5.97 Å². The van der Waals surface area contributed by atoms with Gasteiger partial charge in [0.1, 0.15) is 12.7 Å². The molecule has 4 atom stereocenters. The largest absolute Gasteiger partial charge is 0.463 e. The molecule has 6 nitrogen and oxygen atoms in total. The van der Waals surface area contributed by atoms with Gasteiger partial charge in [-0.15, -0.1) is 0 Å². The highest BCUT2D eigenvalue weighted by Crippen LogP contribution is 2.32. The van der Waals surface area contributed by atoms with Gasteiger partial charge in [0.25, 0.3) is 0 Å². The Labute approximate surface area is 164 Å². The Bertz CT molecular complexity index is 376. The van der Waals surface area contributed by atoms with Crippen LogP contribution in [0, 0.1) is 0 Å². The Balaban J connectivity index is 1.86.